The Kier molecular flexibility index (Phi) is 4.10. The van der Waals surface area contributed by atoms with Crippen molar-refractivity contribution in [1.82, 2.24) is 4.98 Å². The first-order valence-electron chi connectivity index (χ1n) is 6.29. The molecule has 0 saturated heterocycles. The van der Waals surface area contributed by atoms with Crippen LogP contribution in [0.2, 0.25) is 0 Å². The van der Waals surface area contributed by atoms with E-state index in [0.29, 0.717) is 15.2 Å². The van der Waals surface area contributed by atoms with Gasteiger partial charge < -0.3 is 14.9 Å². The second-order valence-electron chi connectivity index (χ2n) is 4.43. The van der Waals surface area contributed by atoms with Gasteiger partial charge in [0.25, 0.3) is 0 Å². The molecule has 0 aliphatic heterocycles. The Morgan fingerprint density at radius 3 is 2.81 bits per heavy atom. The van der Waals surface area contributed by atoms with E-state index < -0.39 is 6.10 Å². The van der Waals surface area contributed by atoms with Crippen LogP contribution in [0.1, 0.15) is 11.1 Å². The molecule has 1 atom stereocenters. The van der Waals surface area contributed by atoms with Gasteiger partial charge in [0.05, 0.1) is 14.7 Å². The SMILES string of the molecule is Oc1c(Br)cccc1OCC(O)c1nc2ccccc2s1. The lowest BCUT2D eigenvalue weighted by molar-refractivity contribution is 0.106. The highest BCUT2D eigenvalue weighted by Crippen LogP contribution is 2.34. The van der Waals surface area contributed by atoms with Gasteiger partial charge in [-0.25, -0.2) is 4.98 Å². The average Bonchev–Trinajstić information content (AvgIpc) is 2.92. The summed E-state index contributed by atoms with van der Waals surface area (Å²) in [5.74, 6) is 0.346. The van der Waals surface area contributed by atoms with Crippen LogP contribution in [0.25, 0.3) is 10.2 Å². The molecule has 0 bridgehead atoms. The summed E-state index contributed by atoms with van der Waals surface area (Å²) in [6, 6.07) is 12.8. The molecule has 2 aromatic carbocycles. The first kappa shape index (κ1) is 14.3. The molecule has 0 aliphatic rings. The summed E-state index contributed by atoms with van der Waals surface area (Å²) in [5.41, 5.74) is 0.863. The van der Waals surface area contributed by atoms with Crippen LogP contribution < -0.4 is 4.74 Å². The number of ether oxygens (including phenoxy) is 1. The third-order valence-electron chi connectivity index (χ3n) is 2.94. The van der Waals surface area contributed by atoms with Crippen LogP contribution in [0.3, 0.4) is 0 Å². The van der Waals surface area contributed by atoms with Gasteiger partial charge in [-0.1, -0.05) is 18.2 Å². The van der Waals surface area contributed by atoms with E-state index in [1.807, 2.05) is 24.3 Å². The maximum Gasteiger partial charge on any atom is 0.172 e. The number of thiazole rings is 1. The number of benzene rings is 2. The van der Waals surface area contributed by atoms with Crippen molar-refractivity contribution >= 4 is 37.5 Å². The Morgan fingerprint density at radius 1 is 1.19 bits per heavy atom. The fraction of sp³-hybridized carbons (Fsp3) is 0.133. The van der Waals surface area contributed by atoms with E-state index in [1.54, 1.807) is 18.2 Å². The predicted molar refractivity (Wildman–Crippen MR) is 85.9 cm³/mol. The van der Waals surface area contributed by atoms with Gasteiger partial charge in [-0.05, 0) is 40.2 Å². The van der Waals surface area contributed by atoms with Crippen LogP contribution in [0.15, 0.2) is 46.9 Å². The molecule has 0 spiro atoms. The smallest absolute Gasteiger partial charge is 0.172 e. The van der Waals surface area contributed by atoms with E-state index in [-0.39, 0.29) is 12.4 Å². The molecule has 0 radical (unpaired) electrons. The van der Waals surface area contributed by atoms with Crippen molar-refractivity contribution < 1.29 is 14.9 Å². The fourth-order valence-corrected chi connectivity index (χ4v) is 3.17. The first-order chi connectivity index (χ1) is 10.1. The lowest BCUT2D eigenvalue weighted by Gasteiger charge is -2.11. The maximum atomic E-state index is 10.2. The number of nitrogens with zero attached hydrogens (tertiary/aromatic N) is 1. The van der Waals surface area contributed by atoms with Gasteiger partial charge in [0.2, 0.25) is 0 Å². The third kappa shape index (κ3) is 3.02. The van der Waals surface area contributed by atoms with Gasteiger partial charge in [0.15, 0.2) is 11.5 Å². The van der Waals surface area contributed by atoms with Gasteiger partial charge in [0.1, 0.15) is 17.7 Å². The van der Waals surface area contributed by atoms with Gasteiger partial charge in [-0.3, -0.25) is 0 Å². The van der Waals surface area contributed by atoms with E-state index >= 15 is 0 Å². The minimum Gasteiger partial charge on any atom is -0.503 e. The second-order valence-corrected chi connectivity index (χ2v) is 6.35. The summed E-state index contributed by atoms with van der Waals surface area (Å²) < 4.78 is 7.04. The zero-order valence-corrected chi connectivity index (χ0v) is 13.3. The number of rotatable bonds is 4. The largest absolute Gasteiger partial charge is 0.503 e. The van der Waals surface area contributed by atoms with Crippen molar-refractivity contribution in [1.29, 1.82) is 0 Å². The Labute approximate surface area is 133 Å². The van der Waals surface area contributed by atoms with Crippen LogP contribution in [-0.4, -0.2) is 21.8 Å². The molecule has 3 aromatic rings. The van der Waals surface area contributed by atoms with Crippen LogP contribution in [0.5, 0.6) is 11.5 Å². The van der Waals surface area contributed by atoms with Crippen LogP contribution >= 0.6 is 27.3 Å². The number of phenolic OH excluding ortho intramolecular Hbond substituents is 1. The number of phenols is 1. The zero-order chi connectivity index (χ0) is 14.8. The number of hydrogen-bond acceptors (Lipinski definition) is 5. The molecular weight excluding hydrogens is 354 g/mol. The summed E-state index contributed by atoms with van der Waals surface area (Å²) >= 11 is 4.65. The van der Waals surface area contributed by atoms with E-state index in [9.17, 15) is 10.2 Å². The van der Waals surface area contributed by atoms with Gasteiger partial charge in [-0.2, -0.15) is 0 Å². The van der Waals surface area contributed by atoms with Crippen LogP contribution in [0, 0.1) is 0 Å². The first-order valence-corrected chi connectivity index (χ1v) is 7.90. The fourth-order valence-electron chi connectivity index (χ4n) is 1.88. The molecule has 1 aromatic heterocycles. The number of aliphatic hydroxyl groups excluding tert-OH is 1. The number of fused-ring (bicyclic) bond motifs is 1. The Hall–Kier alpha value is -1.63. The molecule has 2 N–H and O–H groups in total. The third-order valence-corrected chi connectivity index (χ3v) is 4.72. The molecule has 21 heavy (non-hydrogen) atoms. The highest BCUT2D eigenvalue weighted by atomic mass is 79.9. The molecule has 108 valence electrons. The topological polar surface area (TPSA) is 62.6 Å². The number of para-hydroxylation sites is 2. The average molecular weight is 366 g/mol. The quantitative estimate of drug-likeness (QED) is 0.736. The molecule has 0 amide bonds. The van der Waals surface area contributed by atoms with E-state index in [4.69, 9.17) is 4.74 Å². The normalized spacial score (nSPS) is 12.5. The molecule has 0 aliphatic carbocycles. The molecule has 3 rings (SSSR count). The maximum absolute atomic E-state index is 10.2. The molecule has 0 fully saturated rings. The minimum absolute atomic E-state index is 0.0222. The van der Waals surface area contributed by atoms with Gasteiger partial charge in [-0.15, -0.1) is 11.3 Å². The highest BCUT2D eigenvalue weighted by Gasteiger charge is 2.15. The summed E-state index contributed by atoms with van der Waals surface area (Å²) in [7, 11) is 0. The summed E-state index contributed by atoms with van der Waals surface area (Å²) in [6.45, 7) is 0.0316. The standard InChI is InChI=1S/C15H12BrNO3S/c16-9-4-3-6-12(14(9)19)20-8-11(18)15-17-10-5-1-2-7-13(10)21-15/h1-7,11,18-19H,8H2. The van der Waals surface area contributed by atoms with Crippen molar-refractivity contribution in [3.05, 3.63) is 51.9 Å². The van der Waals surface area contributed by atoms with E-state index in [0.717, 1.165) is 10.2 Å². The molecule has 6 heteroatoms. The highest BCUT2D eigenvalue weighted by molar-refractivity contribution is 9.10. The second kappa shape index (κ2) is 6.01. The lowest BCUT2D eigenvalue weighted by Crippen LogP contribution is -2.09. The number of aromatic nitrogens is 1. The van der Waals surface area contributed by atoms with Crippen LogP contribution in [-0.2, 0) is 0 Å². The number of aliphatic hydroxyl groups is 1. The molecule has 1 unspecified atom stereocenters. The number of halogens is 1. The molecule has 1 heterocycles. The van der Waals surface area contributed by atoms with Crippen molar-refractivity contribution in [3.63, 3.8) is 0 Å². The van der Waals surface area contributed by atoms with Gasteiger partial charge in [0, 0.05) is 0 Å². The Bertz CT molecular complexity index is 741. The Balaban J connectivity index is 1.74. The van der Waals surface area contributed by atoms with E-state index in [1.165, 1.54) is 11.3 Å². The lowest BCUT2D eigenvalue weighted by atomic mass is 10.3. The predicted octanol–water partition coefficient (Wildman–Crippen LogP) is 3.88. The Morgan fingerprint density at radius 2 is 2.00 bits per heavy atom. The summed E-state index contributed by atoms with van der Waals surface area (Å²) in [5, 5.41) is 20.6. The minimum atomic E-state index is -0.833. The summed E-state index contributed by atoms with van der Waals surface area (Å²) in [6.07, 6.45) is -0.833. The van der Waals surface area contributed by atoms with Crippen molar-refractivity contribution in [2.24, 2.45) is 0 Å². The number of hydrogen-bond donors (Lipinski definition) is 2. The van der Waals surface area contributed by atoms with Gasteiger partial charge >= 0.3 is 0 Å². The summed E-state index contributed by atoms with van der Waals surface area (Å²) in [4.78, 5) is 4.38. The monoisotopic (exact) mass is 365 g/mol. The molecule has 4 nitrogen and oxygen atoms in total. The van der Waals surface area contributed by atoms with Crippen molar-refractivity contribution in [2.75, 3.05) is 6.61 Å². The zero-order valence-electron chi connectivity index (χ0n) is 10.9. The van der Waals surface area contributed by atoms with Crippen molar-refractivity contribution in [3.8, 4) is 11.5 Å². The van der Waals surface area contributed by atoms with E-state index in [2.05, 4.69) is 20.9 Å². The van der Waals surface area contributed by atoms with Crippen LogP contribution in [0.4, 0.5) is 0 Å². The molecule has 0 saturated carbocycles. The van der Waals surface area contributed by atoms with Crippen molar-refractivity contribution in [2.45, 2.75) is 6.10 Å². The molecular formula is C15H12BrNO3S. The number of aromatic hydroxyl groups is 1.